The molecule has 0 saturated heterocycles. The van der Waals surface area contributed by atoms with E-state index < -0.39 is 29.4 Å². The van der Waals surface area contributed by atoms with E-state index in [2.05, 4.69) is 26.3 Å². The van der Waals surface area contributed by atoms with Crippen LogP contribution in [-0.2, 0) is 0 Å². The van der Waals surface area contributed by atoms with E-state index in [1.807, 2.05) is 50.3 Å². The van der Waals surface area contributed by atoms with Crippen molar-refractivity contribution < 1.29 is 14.7 Å². The Morgan fingerprint density at radius 1 is 0.767 bits per heavy atom. The van der Waals surface area contributed by atoms with Crippen LogP contribution in [0.2, 0.25) is 0 Å². The molecule has 0 radical (unpaired) electrons. The number of hydrogen-bond acceptors (Lipinski definition) is 3. The van der Waals surface area contributed by atoms with Gasteiger partial charge in [0.05, 0.1) is 0 Å². The molecular weight excluding hydrogens is 391 g/mol. The molecule has 0 amide bonds. The monoisotopic (exact) mass is 428 g/mol. The molecule has 0 aromatic carbocycles. The molecule has 3 nitrogen and oxygen atoms in total. The predicted molar refractivity (Wildman–Crippen MR) is 131 cm³/mol. The Balaban J connectivity index is 2.60. The van der Waals surface area contributed by atoms with Gasteiger partial charge in [0.2, 0.25) is 0 Å². The van der Waals surface area contributed by atoms with Crippen LogP contribution in [0.5, 0.6) is 0 Å². The first-order valence-electron chi connectivity index (χ1n) is 10.4. The van der Waals surface area contributed by atoms with Crippen LogP contribution in [0.4, 0.5) is 0 Å². The van der Waals surface area contributed by atoms with Crippen LogP contribution >= 0.6 is 7.28 Å². The van der Waals surface area contributed by atoms with E-state index in [-0.39, 0.29) is 0 Å². The Morgan fingerprint density at radius 2 is 1.13 bits per heavy atom. The summed E-state index contributed by atoms with van der Waals surface area (Å²) in [5.74, 6) is 0. The van der Waals surface area contributed by atoms with Crippen LogP contribution in [-0.4, -0.2) is 26.0 Å². The van der Waals surface area contributed by atoms with Crippen LogP contribution < -0.4 is 0 Å². The van der Waals surface area contributed by atoms with E-state index in [4.69, 9.17) is 0 Å². The van der Waals surface area contributed by atoms with Crippen molar-refractivity contribution in [1.29, 1.82) is 0 Å². The molecule has 2 rings (SSSR count). The Morgan fingerprint density at radius 3 is 1.43 bits per heavy atom. The van der Waals surface area contributed by atoms with Gasteiger partial charge in [0.1, 0.15) is 0 Å². The quantitative estimate of drug-likeness (QED) is 0.282. The molecule has 3 N–H and O–H groups in total. The van der Waals surface area contributed by atoms with Crippen molar-refractivity contribution in [3.8, 4) is 0 Å². The first kappa shape index (κ1) is 24.5. The molecule has 2 aliphatic carbocycles. The second-order valence-electron chi connectivity index (χ2n) is 9.14. The normalized spacial score (nSPS) is 32.4. The van der Waals surface area contributed by atoms with Crippen molar-refractivity contribution in [3.63, 3.8) is 0 Å². The summed E-state index contributed by atoms with van der Waals surface area (Å²) in [5, 5.41) is 0. The second kappa shape index (κ2) is 8.77. The Hall–Kier alpha value is -1.77. The van der Waals surface area contributed by atoms with Gasteiger partial charge < -0.3 is 0 Å². The summed E-state index contributed by atoms with van der Waals surface area (Å²) < 4.78 is 0. The van der Waals surface area contributed by atoms with Crippen molar-refractivity contribution >= 4 is 7.28 Å². The van der Waals surface area contributed by atoms with Gasteiger partial charge in [-0.25, -0.2) is 0 Å². The molecule has 0 saturated carbocycles. The van der Waals surface area contributed by atoms with Crippen molar-refractivity contribution in [2.24, 2.45) is 10.8 Å². The molecule has 4 heteroatoms. The van der Waals surface area contributed by atoms with Gasteiger partial charge in [-0.05, 0) is 0 Å². The van der Waals surface area contributed by atoms with Gasteiger partial charge in [0.25, 0.3) is 0 Å². The van der Waals surface area contributed by atoms with Crippen molar-refractivity contribution in [2.75, 3.05) is 0 Å². The summed E-state index contributed by atoms with van der Waals surface area (Å²) in [6.45, 7) is 19.2. The molecular formula is C26H37O3P. The van der Waals surface area contributed by atoms with Crippen LogP contribution in [0.15, 0.2) is 98.2 Å². The van der Waals surface area contributed by atoms with E-state index in [1.165, 1.54) is 0 Å². The molecule has 0 heterocycles. The number of hydrogen-bond donors (Lipinski definition) is 3. The summed E-state index contributed by atoms with van der Waals surface area (Å²) >= 11 is 0. The maximum atomic E-state index is 11.8. The molecule has 0 fully saturated rings. The van der Waals surface area contributed by atoms with Crippen LogP contribution in [0, 0.1) is 10.8 Å². The molecule has 4 atom stereocenters. The van der Waals surface area contributed by atoms with E-state index >= 15 is 0 Å². The fourth-order valence-corrected chi connectivity index (χ4v) is 8.99. The third kappa shape index (κ3) is 4.60. The van der Waals surface area contributed by atoms with E-state index in [1.54, 1.807) is 24.3 Å². The molecule has 0 aromatic heterocycles. The first-order valence-corrected chi connectivity index (χ1v) is 12.7. The molecule has 4 unspecified atom stereocenters. The van der Waals surface area contributed by atoms with Gasteiger partial charge in [0, 0.05) is 0 Å². The summed E-state index contributed by atoms with van der Waals surface area (Å²) in [6.07, 6.45) is 20.9. The second-order valence-corrected chi connectivity index (χ2v) is 12.5. The maximum absolute atomic E-state index is 11.8. The molecule has 0 aliphatic heterocycles. The summed E-state index contributed by atoms with van der Waals surface area (Å²) in [6, 6.07) is 0. The van der Waals surface area contributed by atoms with Gasteiger partial charge in [-0.2, -0.15) is 0 Å². The van der Waals surface area contributed by atoms with Gasteiger partial charge in [-0.15, -0.1) is 0 Å². The van der Waals surface area contributed by atoms with E-state index in [0.29, 0.717) is 25.7 Å². The molecule has 30 heavy (non-hydrogen) atoms. The van der Waals surface area contributed by atoms with Gasteiger partial charge in [-0.1, -0.05) is 0 Å². The molecule has 0 spiro atoms. The summed E-state index contributed by atoms with van der Waals surface area (Å²) in [7, 11) is -5.27. The number of rotatable bonds is 10. The molecule has 164 valence electrons. The standard InChI is InChI=1S/C26H37O3P/c1-7-11-21-13-15-23(25(5,19-21)17-9-3)30(27,28,29)24-16-14-22(12-8-2)20-26(24,6)18-10-4/h7-10,13-16,19-20,23-24,27-29H,1-4,11-12,17-18H2,5-6H3. The minimum absolute atomic E-state index is 0.508. The number of allylic oxidation sites excluding steroid dienone is 12. The van der Waals surface area contributed by atoms with E-state index in [9.17, 15) is 14.7 Å². The average Bonchev–Trinajstić information content (AvgIpc) is 2.61. The van der Waals surface area contributed by atoms with E-state index in [0.717, 1.165) is 11.1 Å². The zero-order chi connectivity index (χ0) is 22.7. The van der Waals surface area contributed by atoms with Crippen molar-refractivity contribution in [2.45, 2.75) is 50.8 Å². The third-order valence-corrected chi connectivity index (χ3v) is 10.0. The summed E-state index contributed by atoms with van der Waals surface area (Å²) in [4.78, 5) is 35.3. The van der Waals surface area contributed by atoms with Gasteiger partial charge >= 0.3 is 182 Å². The molecule has 2 aliphatic rings. The fourth-order valence-electron chi connectivity index (χ4n) is 5.19. The average molecular weight is 429 g/mol. The fraction of sp³-hybridized carbons (Fsp3) is 0.385. The Bertz CT molecular complexity index is 770. The first-order chi connectivity index (χ1) is 13.9. The topological polar surface area (TPSA) is 60.7 Å². The van der Waals surface area contributed by atoms with Crippen LogP contribution in [0.25, 0.3) is 0 Å². The Labute approximate surface area is 182 Å². The summed E-state index contributed by atoms with van der Waals surface area (Å²) in [5.41, 5.74) is -0.971. The van der Waals surface area contributed by atoms with Crippen LogP contribution in [0.1, 0.15) is 39.5 Å². The zero-order valence-corrected chi connectivity index (χ0v) is 19.3. The minimum atomic E-state index is -5.27. The zero-order valence-electron chi connectivity index (χ0n) is 18.4. The molecule has 0 bridgehead atoms. The van der Waals surface area contributed by atoms with Gasteiger partial charge in [-0.3, -0.25) is 0 Å². The Kier molecular flexibility index (Phi) is 7.16. The third-order valence-electron chi connectivity index (χ3n) is 6.36. The van der Waals surface area contributed by atoms with Crippen molar-refractivity contribution in [3.05, 3.63) is 98.2 Å². The van der Waals surface area contributed by atoms with Crippen LogP contribution in [0.3, 0.4) is 0 Å². The SMILES string of the molecule is C=CCC1=CC(C)(CC=C)C(P(O)(O)(O)C2C=CC(CC=C)=CC2(C)CC=C)C=C1. The van der Waals surface area contributed by atoms with Gasteiger partial charge in [0.15, 0.2) is 0 Å². The molecule has 0 aromatic rings. The van der Waals surface area contributed by atoms with Crippen molar-refractivity contribution in [1.82, 2.24) is 0 Å². The predicted octanol–water partition coefficient (Wildman–Crippen LogP) is 6.31.